The predicted molar refractivity (Wildman–Crippen MR) is 102 cm³/mol. The van der Waals surface area contributed by atoms with Crippen LogP contribution in [0.15, 0.2) is 54.6 Å². The van der Waals surface area contributed by atoms with Crippen LogP contribution in [-0.2, 0) is 16.1 Å². The number of ether oxygens (including phenoxy) is 1. The molecule has 0 fully saturated rings. The van der Waals surface area contributed by atoms with Gasteiger partial charge in [0, 0.05) is 20.0 Å². The third-order valence-corrected chi connectivity index (χ3v) is 4.23. The molecular formula is C21H25FN2O3. The average molecular weight is 372 g/mol. The zero-order chi connectivity index (χ0) is 19.6. The van der Waals surface area contributed by atoms with Gasteiger partial charge in [0.05, 0.1) is 6.61 Å². The lowest BCUT2D eigenvalue weighted by Gasteiger charge is -2.28. The van der Waals surface area contributed by atoms with Crippen LogP contribution in [0.25, 0.3) is 0 Å². The highest BCUT2D eigenvalue weighted by atomic mass is 19.1. The zero-order valence-corrected chi connectivity index (χ0v) is 15.7. The molecule has 6 heteroatoms. The van der Waals surface area contributed by atoms with Crippen LogP contribution in [0.1, 0.15) is 25.3 Å². The molecule has 2 rings (SSSR count). The number of nitrogens with one attached hydrogen (secondary N) is 1. The Labute approximate surface area is 159 Å². The molecule has 0 aliphatic heterocycles. The zero-order valence-electron chi connectivity index (χ0n) is 15.7. The Morgan fingerprint density at radius 1 is 1.11 bits per heavy atom. The molecule has 1 atom stereocenters. The van der Waals surface area contributed by atoms with E-state index in [0.29, 0.717) is 13.0 Å². The van der Waals surface area contributed by atoms with Gasteiger partial charge in [-0.05, 0) is 43.2 Å². The van der Waals surface area contributed by atoms with E-state index in [4.69, 9.17) is 4.74 Å². The highest BCUT2D eigenvalue weighted by Crippen LogP contribution is 2.14. The predicted octanol–water partition coefficient (Wildman–Crippen LogP) is 3.15. The fourth-order valence-corrected chi connectivity index (χ4v) is 2.65. The lowest BCUT2D eigenvalue weighted by atomic mass is 10.1. The smallest absolute Gasteiger partial charge is 0.242 e. The molecule has 0 bridgehead atoms. The van der Waals surface area contributed by atoms with Gasteiger partial charge in [0.1, 0.15) is 17.6 Å². The highest BCUT2D eigenvalue weighted by molar-refractivity contribution is 5.87. The van der Waals surface area contributed by atoms with E-state index < -0.39 is 6.04 Å². The number of carbonyl (C=O) groups is 2. The van der Waals surface area contributed by atoms with E-state index >= 15 is 0 Å². The Hall–Kier alpha value is -2.89. The second kappa shape index (κ2) is 10.3. The minimum Gasteiger partial charge on any atom is -0.494 e. The molecule has 0 heterocycles. The number of hydrogen-bond donors (Lipinski definition) is 1. The van der Waals surface area contributed by atoms with Gasteiger partial charge >= 0.3 is 0 Å². The van der Waals surface area contributed by atoms with Crippen molar-refractivity contribution in [3.8, 4) is 5.75 Å². The molecule has 0 spiro atoms. The van der Waals surface area contributed by atoms with Crippen molar-refractivity contribution in [3.63, 3.8) is 0 Å². The third kappa shape index (κ3) is 6.40. The van der Waals surface area contributed by atoms with Crippen molar-refractivity contribution < 1.29 is 18.7 Å². The number of para-hydroxylation sites is 1. The Bertz CT molecular complexity index is 735. The van der Waals surface area contributed by atoms with E-state index in [-0.39, 0.29) is 30.6 Å². The number of halogens is 1. The molecule has 0 unspecified atom stereocenters. The SMILES string of the molecule is CNC(=O)[C@@H](C)N(Cc1ccc(F)cc1)C(=O)CCCOc1ccccc1. The van der Waals surface area contributed by atoms with Crippen LogP contribution in [-0.4, -0.2) is 36.4 Å². The average Bonchev–Trinajstić information content (AvgIpc) is 2.70. The molecule has 0 saturated heterocycles. The molecule has 0 saturated carbocycles. The maximum atomic E-state index is 13.1. The van der Waals surface area contributed by atoms with Crippen molar-refractivity contribution in [2.75, 3.05) is 13.7 Å². The standard InChI is InChI=1S/C21H25FN2O3/c1-16(21(26)23-2)24(15-17-10-12-18(22)13-11-17)20(25)9-6-14-27-19-7-4-3-5-8-19/h3-5,7-8,10-13,16H,6,9,14-15H2,1-2H3,(H,23,26)/t16-/m1/s1. The third-order valence-electron chi connectivity index (χ3n) is 4.23. The van der Waals surface area contributed by atoms with Gasteiger partial charge in [0.15, 0.2) is 0 Å². The normalized spacial score (nSPS) is 11.5. The van der Waals surface area contributed by atoms with Crippen molar-refractivity contribution in [2.24, 2.45) is 0 Å². The molecule has 27 heavy (non-hydrogen) atoms. The fourth-order valence-electron chi connectivity index (χ4n) is 2.65. The van der Waals surface area contributed by atoms with E-state index in [1.165, 1.54) is 24.1 Å². The molecule has 1 N–H and O–H groups in total. The summed E-state index contributed by atoms with van der Waals surface area (Å²) in [5.74, 6) is 0.0268. The van der Waals surface area contributed by atoms with Gasteiger partial charge in [-0.25, -0.2) is 4.39 Å². The molecule has 2 aromatic carbocycles. The number of nitrogens with zero attached hydrogens (tertiary/aromatic N) is 1. The van der Waals surface area contributed by atoms with Gasteiger partial charge in [0.25, 0.3) is 0 Å². The monoisotopic (exact) mass is 372 g/mol. The molecule has 2 aromatic rings. The largest absolute Gasteiger partial charge is 0.494 e. The van der Waals surface area contributed by atoms with Crippen LogP contribution in [0.3, 0.4) is 0 Å². The Morgan fingerprint density at radius 2 is 1.78 bits per heavy atom. The molecule has 0 aromatic heterocycles. The van der Waals surface area contributed by atoms with Gasteiger partial charge in [-0.1, -0.05) is 30.3 Å². The maximum absolute atomic E-state index is 13.1. The Kier molecular flexibility index (Phi) is 7.79. The van der Waals surface area contributed by atoms with Crippen molar-refractivity contribution in [2.45, 2.75) is 32.4 Å². The van der Waals surface area contributed by atoms with E-state index in [2.05, 4.69) is 5.32 Å². The van der Waals surface area contributed by atoms with E-state index in [0.717, 1.165) is 11.3 Å². The molecule has 0 aliphatic rings. The molecule has 144 valence electrons. The number of hydrogen-bond acceptors (Lipinski definition) is 3. The first-order chi connectivity index (χ1) is 13.0. The van der Waals surface area contributed by atoms with Crippen LogP contribution >= 0.6 is 0 Å². The summed E-state index contributed by atoms with van der Waals surface area (Å²) < 4.78 is 18.7. The fraction of sp³-hybridized carbons (Fsp3) is 0.333. The first kappa shape index (κ1) is 20.4. The van der Waals surface area contributed by atoms with Crippen LogP contribution < -0.4 is 10.1 Å². The minimum absolute atomic E-state index is 0.146. The van der Waals surface area contributed by atoms with Crippen molar-refractivity contribution in [1.29, 1.82) is 0 Å². The highest BCUT2D eigenvalue weighted by Gasteiger charge is 2.25. The van der Waals surface area contributed by atoms with Crippen LogP contribution in [0.5, 0.6) is 5.75 Å². The van der Waals surface area contributed by atoms with E-state index in [9.17, 15) is 14.0 Å². The summed E-state index contributed by atoms with van der Waals surface area (Å²) in [4.78, 5) is 26.2. The summed E-state index contributed by atoms with van der Waals surface area (Å²) in [6.45, 7) is 2.34. The quantitative estimate of drug-likeness (QED) is 0.688. The first-order valence-electron chi connectivity index (χ1n) is 8.94. The number of amides is 2. The molecule has 2 amide bonds. The second-order valence-electron chi connectivity index (χ2n) is 6.20. The lowest BCUT2D eigenvalue weighted by Crippen LogP contribution is -2.46. The Morgan fingerprint density at radius 3 is 2.41 bits per heavy atom. The minimum atomic E-state index is -0.623. The summed E-state index contributed by atoms with van der Waals surface area (Å²) in [5.41, 5.74) is 0.765. The number of likely N-dealkylation sites (N-methyl/N-ethyl adjacent to an activating group) is 1. The topological polar surface area (TPSA) is 58.6 Å². The van der Waals surface area contributed by atoms with Gasteiger partial charge in [-0.3, -0.25) is 9.59 Å². The van der Waals surface area contributed by atoms with Crippen LogP contribution in [0.2, 0.25) is 0 Å². The summed E-state index contributed by atoms with van der Waals surface area (Å²) >= 11 is 0. The number of benzene rings is 2. The van der Waals surface area contributed by atoms with Crippen molar-refractivity contribution >= 4 is 11.8 Å². The molecule has 5 nitrogen and oxygen atoms in total. The van der Waals surface area contributed by atoms with Crippen LogP contribution in [0.4, 0.5) is 4.39 Å². The van der Waals surface area contributed by atoms with Crippen LogP contribution in [0, 0.1) is 5.82 Å². The van der Waals surface area contributed by atoms with Crippen molar-refractivity contribution in [1.82, 2.24) is 10.2 Å². The summed E-state index contributed by atoms with van der Waals surface area (Å²) in [6.07, 6.45) is 0.795. The van der Waals surface area contributed by atoms with E-state index in [1.807, 2.05) is 30.3 Å². The summed E-state index contributed by atoms with van der Waals surface area (Å²) in [7, 11) is 1.53. The maximum Gasteiger partial charge on any atom is 0.242 e. The number of rotatable bonds is 9. The molecule has 0 radical (unpaired) electrons. The van der Waals surface area contributed by atoms with Gasteiger partial charge in [-0.2, -0.15) is 0 Å². The first-order valence-corrected chi connectivity index (χ1v) is 8.94. The van der Waals surface area contributed by atoms with Gasteiger partial charge in [-0.15, -0.1) is 0 Å². The summed E-state index contributed by atoms with van der Waals surface area (Å²) in [5, 5.41) is 2.57. The Balaban J connectivity index is 1.95. The second-order valence-corrected chi connectivity index (χ2v) is 6.20. The molecular weight excluding hydrogens is 347 g/mol. The molecule has 0 aliphatic carbocycles. The number of carbonyl (C=O) groups excluding carboxylic acids is 2. The van der Waals surface area contributed by atoms with E-state index in [1.54, 1.807) is 19.1 Å². The van der Waals surface area contributed by atoms with Gasteiger partial charge in [0.2, 0.25) is 11.8 Å². The van der Waals surface area contributed by atoms with Crippen molar-refractivity contribution in [3.05, 3.63) is 66.0 Å². The lowest BCUT2D eigenvalue weighted by molar-refractivity contribution is -0.140. The van der Waals surface area contributed by atoms with Gasteiger partial charge < -0.3 is 15.0 Å². The summed E-state index contributed by atoms with van der Waals surface area (Å²) in [6, 6.07) is 14.7.